The highest BCUT2D eigenvalue weighted by Gasteiger charge is 2.42. The van der Waals surface area contributed by atoms with Gasteiger partial charge >= 0.3 is 5.97 Å². The minimum absolute atomic E-state index is 0.0481. The number of benzene rings is 6. The number of carbonyl (C=O) groups excluding carboxylic acids is 7. The summed E-state index contributed by atoms with van der Waals surface area (Å²) < 4.78 is 6.68. The lowest BCUT2D eigenvalue weighted by Crippen LogP contribution is -2.56. The maximum absolute atomic E-state index is 15.0. The van der Waals surface area contributed by atoms with Gasteiger partial charge in [-0.25, -0.2) is 4.79 Å². The molecule has 434 valence electrons. The SMILES string of the molecule is C=C/C=C(\C=C)CC(NC(=O)C(Cc1ccccc1)NC(=O)C(CSc1cc2c3c(ccc4c5c(OC(C)(C)CO)cc6c7c(ccc(c1c34)c75)C(=O)N(C(CC)CC)C6=O)C(=O)N(C(CC)CC)C2=O)NC(C)=O)C(=O)O.CC.CC. The molecule has 0 saturated heterocycles. The predicted molar refractivity (Wildman–Crippen MR) is 325 cm³/mol. The zero-order valence-corrected chi connectivity index (χ0v) is 49.7. The molecule has 0 aliphatic carbocycles. The van der Waals surface area contributed by atoms with Gasteiger partial charge in [-0.05, 0) is 85.7 Å². The van der Waals surface area contributed by atoms with Crippen molar-refractivity contribution in [3.63, 3.8) is 0 Å². The Morgan fingerprint density at radius 3 is 1.62 bits per heavy atom. The van der Waals surface area contributed by atoms with Gasteiger partial charge in [0.05, 0.1) is 12.2 Å². The molecular weight excluding hydrogens is 1060 g/mol. The fourth-order valence-corrected chi connectivity index (χ4v) is 12.1. The maximum atomic E-state index is 15.0. The van der Waals surface area contributed by atoms with Crippen LogP contribution in [-0.4, -0.2) is 116 Å². The van der Waals surface area contributed by atoms with Crippen molar-refractivity contribution in [3.8, 4) is 5.75 Å². The molecule has 3 unspecified atom stereocenters. The summed E-state index contributed by atoms with van der Waals surface area (Å²) in [7, 11) is 0. The molecule has 0 bridgehead atoms. The Morgan fingerprint density at radius 2 is 1.13 bits per heavy atom. The molecule has 0 saturated carbocycles. The molecule has 6 aromatic rings. The molecule has 0 fully saturated rings. The molecule has 2 aliphatic rings. The van der Waals surface area contributed by atoms with Crippen molar-refractivity contribution in [1.82, 2.24) is 25.8 Å². The lowest BCUT2D eigenvalue weighted by atomic mass is 9.81. The van der Waals surface area contributed by atoms with Crippen molar-refractivity contribution in [2.45, 2.75) is 155 Å². The normalized spacial score (nSPS) is 14.3. The first kappa shape index (κ1) is 63.3. The summed E-state index contributed by atoms with van der Waals surface area (Å²) in [6, 6.07) is 14.2. The van der Waals surface area contributed by atoms with Crippen LogP contribution in [0, 0.1) is 0 Å². The predicted octanol–water partition coefficient (Wildman–Crippen LogP) is 11.1. The third-order valence-electron chi connectivity index (χ3n) is 14.9. The number of nitrogens with one attached hydrogen (secondary N) is 3. The molecule has 17 heteroatoms. The minimum Gasteiger partial charge on any atom is -0.485 e. The molecule has 2 heterocycles. The van der Waals surface area contributed by atoms with Crippen LogP contribution in [-0.2, 0) is 25.6 Å². The second-order valence-corrected chi connectivity index (χ2v) is 21.5. The standard InChI is InChI=1S/C61H65N5O11S.2C2H6/c1-10-19-33(11-2)26-44(60(75)76)64-54(69)43(27-34-20-17-16-18-21-34)63-55(70)45(62-32(7)68)30-78-47-29-42-49-40(57(72)66(59(42)74)36(14-5)15-6)24-22-37-50-46(77-61(8,9)31-67)28-41-48-39(25-23-38(52(48)50)51(47)53(37)49)56(71)65(58(41)73)35(12-3)13-4;2*1-2/h10-11,16-25,28-29,35-36,43-45,67H,1-2,12-15,26-27,30-31H2,3-9H3,(H,62,68)(H,63,70)(H,64,69)(H,75,76);2*1-2H3/b33-19+;;. The molecule has 5 N–H and O–H groups in total. The minimum atomic E-state index is -1.41. The Morgan fingerprint density at radius 1 is 0.646 bits per heavy atom. The van der Waals surface area contributed by atoms with E-state index in [9.17, 15) is 43.8 Å². The zero-order chi connectivity index (χ0) is 60.5. The van der Waals surface area contributed by atoms with Crippen LogP contribution >= 0.6 is 11.8 Å². The topological polar surface area (TPSA) is 229 Å². The third-order valence-corrected chi connectivity index (χ3v) is 16.0. The van der Waals surface area contributed by atoms with Crippen molar-refractivity contribution < 1.29 is 53.3 Å². The summed E-state index contributed by atoms with van der Waals surface area (Å²) in [5.41, 5.74) is 0.984. The van der Waals surface area contributed by atoms with Gasteiger partial charge in [-0.2, -0.15) is 0 Å². The van der Waals surface area contributed by atoms with Gasteiger partial charge in [0.2, 0.25) is 17.7 Å². The lowest BCUT2D eigenvalue weighted by molar-refractivity contribution is -0.142. The van der Waals surface area contributed by atoms with Gasteiger partial charge in [0.15, 0.2) is 0 Å². The Bertz CT molecular complexity index is 3490. The Kier molecular flexibility index (Phi) is 21.0. The van der Waals surface area contributed by atoms with Crippen molar-refractivity contribution in [2.24, 2.45) is 0 Å². The average molecular weight is 1140 g/mol. The first-order valence-corrected chi connectivity index (χ1v) is 29.3. The molecule has 6 aromatic carbocycles. The second kappa shape index (κ2) is 27.3. The van der Waals surface area contributed by atoms with Gasteiger partial charge in [0.1, 0.15) is 29.5 Å². The van der Waals surface area contributed by atoms with Gasteiger partial charge in [-0.3, -0.25) is 43.4 Å². The van der Waals surface area contributed by atoms with E-state index in [-0.39, 0.29) is 41.0 Å². The molecule has 8 rings (SSSR count). The van der Waals surface area contributed by atoms with Gasteiger partial charge in [0.25, 0.3) is 23.6 Å². The molecule has 16 nitrogen and oxygen atoms in total. The highest BCUT2D eigenvalue weighted by atomic mass is 32.2. The van der Waals surface area contributed by atoms with Crippen LogP contribution in [0.4, 0.5) is 0 Å². The fourth-order valence-electron chi connectivity index (χ4n) is 10.9. The summed E-state index contributed by atoms with van der Waals surface area (Å²) in [6.07, 6.45) is 6.36. The molecular formula is C65H77N5O11S. The number of ether oxygens (including phenoxy) is 1. The quantitative estimate of drug-likeness (QED) is 0.0125. The van der Waals surface area contributed by atoms with Crippen LogP contribution in [0.25, 0.3) is 43.1 Å². The molecule has 0 radical (unpaired) electrons. The number of rotatable bonds is 24. The van der Waals surface area contributed by atoms with Crippen molar-refractivity contribution >= 4 is 102 Å². The number of carboxylic acid groups (broad SMARTS) is 1. The van der Waals surface area contributed by atoms with Crippen molar-refractivity contribution in [1.29, 1.82) is 0 Å². The number of aliphatic hydroxyl groups is 1. The van der Waals surface area contributed by atoms with Gasteiger partial charge in [-0.15, -0.1) is 11.8 Å². The smallest absolute Gasteiger partial charge is 0.326 e. The average Bonchev–Trinajstić information content (AvgIpc) is 1.73. The highest BCUT2D eigenvalue weighted by Crippen LogP contribution is 2.52. The number of carboxylic acids is 1. The van der Waals surface area contributed by atoms with E-state index in [4.69, 9.17) is 4.74 Å². The van der Waals surface area contributed by atoms with E-state index >= 15 is 4.79 Å². The van der Waals surface area contributed by atoms with E-state index < -0.39 is 89.7 Å². The number of aliphatic carboxylic acids is 1. The van der Waals surface area contributed by atoms with Crippen LogP contribution in [0.5, 0.6) is 5.75 Å². The fraction of sp³-hybridized carbons (Fsp3) is 0.385. The van der Waals surface area contributed by atoms with E-state index in [1.54, 1.807) is 86.7 Å². The molecule has 0 aromatic heterocycles. The Balaban J connectivity index is 0.00000264. The molecule has 82 heavy (non-hydrogen) atoms. The molecule has 2 aliphatic heterocycles. The third kappa shape index (κ3) is 12.3. The van der Waals surface area contributed by atoms with Crippen LogP contribution in [0.3, 0.4) is 0 Å². The summed E-state index contributed by atoms with van der Waals surface area (Å²) in [5.74, 6) is -5.36. The van der Waals surface area contributed by atoms with Crippen LogP contribution in [0.15, 0.2) is 109 Å². The van der Waals surface area contributed by atoms with E-state index in [1.165, 1.54) is 28.9 Å². The number of nitrogens with zero attached hydrogens (tertiary/aromatic N) is 2. The van der Waals surface area contributed by atoms with Gasteiger partial charge in [0, 0.05) is 91.5 Å². The summed E-state index contributed by atoms with van der Waals surface area (Å²) >= 11 is 1.14. The first-order chi connectivity index (χ1) is 39.3. The number of allylic oxidation sites excluding steroid dienone is 3. The lowest BCUT2D eigenvalue weighted by Gasteiger charge is -2.35. The van der Waals surface area contributed by atoms with Crippen LogP contribution < -0.4 is 20.7 Å². The van der Waals surface area contributed by atoms with Crippen molar-refractivity contribution in [2.75, 3.05) is 12.4 Å². The number of hydrogen-bond donors (Lipinski definition) is 5. The van der Waals surface area contributed by atoms with Gasteiger partial charge in [-0.1, -0.05) is 129 Å². The van der Waals surface area contributed by atoms with E-state index in [0.29, 0.717) is 90.4 Å². The second-order valence-electron chi connectivity index (χ2n) is 20.4. The van der Waals surface area contributed by atoms with E-state index in [0.717, 1.165) is 11.8 Å². The number of amides is 7. The van der Waals surface area contributed by atoms with E-state index in [1.807, 2.05) is 55.4 Å². The maximum Gasteiger partial charge on any atom is 0.326 e. The Labute approximate surface area is 484 Å². The number of hydrogen-bond acceptors (Lipinski definition) is 11. The largest absolute Gasteiger partial charge is 0.485 e. The number of imide groups is 2. The van der Waals surface area contributed by atoms with Crippen LogP contribution in [0.2, 0.25) is 0 Å². The van der Waals surface area contributed by atoms with Gasteiger partial charge < -0.3 is 30.9 Å². The Hall–Kier alpha value is -7.89. The number of thioether (sulfide) groups is 1. The number of carbonyl (C=O) groups is 8. The molecule has 0 spiro atoms. The van der Waals surface area contributed by atoms with Crippen LogP contribution in [0.1, 0.15) is 155 Å². The summed E-state index contributed by atoms with van der Waals surface area (Å²) in [6.45, 7) is 27.3. The monoisotopic (exact) mass is 1140 g/mol. The molecule has 7 amide bonds. The molecule has 3 atom stereocenters. The van der Waals surface area contributed by atoms with E-state index in [2.05, 4.69) is 29.1 Å². The van der Waals surface area contributed by atoms with Crippen molar-refractivity contribution in [3.05, 3.63) is 132 Å². The number of aliphatic hydroxyl groups excluding tert-OH is 1. The zero-order valence-electron chi connectivity index (χ0n) is 48.9. The number of fused-ring (bicyclic) bond motifs is 2. The summed E-state index contributed by atoms with van der Waals surface area (Å²) in [5, 5.41) is 32.7. The first-order valence-electron chi connectivity index (χ1n) is 28.3. The highest BCUT2D eigenvalue weighted by molar-refractivity contribution is 7.99. The summed E-state index contributed by atoms with van der Waals surface area (Å²) in [4.78, 5) is 117.